The molecule has 0 N–H and O–H groups in total. The Kier molecular flexibility index (Phi) is 7.29. The third-order valence-corrected chi connectivity index (χ3v) is 3.42. The average molecular weight is 344 g/mol. The molecule has 0 aliphatic heterocycles. The van der Waals surface area contributed by atoms with Crippen molar-refractivity contribution in [3.8, 4) is 11.5 Å². The van der Waals surface area contributed by atoms with Crippen LogP contribution in [0, 0.1) is 0 Å². The van der Waals surface area contributed by atoms with Crippen molar-refractivity contribution in [3.05, 3.63) is 48.6 Å². The lowest BCUT2D eigenvalue weighted by molar-refractivity contribution is -0.140. The molecule has 0 heterocycles. The van der Waals surface area contributed by atoms with Crippen molar-refractivity contribution in [2.24, 2.45) is 0 Å². The van der Waals surface area contributed by atoms with E-state index in [0.717, 1.165) is 22.3 Å². The van der Waals surface area contributed by atoms with Gasteiger partial charge in [0.2, 0.25) is 0 Å². The third kappa shape index (κ3) is 5.80. The number of hydrogen-bond acceptors (Lipinski definition) is 5. The van der Waals surface area contributed by atoms with Gasteiger partial charge in [0.15, 0.2) is 0 Å². The van der Waals surface area contributed by atoms with Gasteiger partial charge >= 0.3 is 5.97 Å². The van der Waals surface area contributed by atoms with Crippen molar-refractivity contribution in [3.63, 3.8) is 0 Å². The van der Waals surface area contributed by atoms with Crippen molar-refractivity contribution in [2.45, 2.75) is 13.8 Å². The first-order valence-corrected chi connectivity index (χ1v) is 8.30. The number of fused-ring (bicyclic) bond motifs is 1. The molecule has 0 bridgehead atoms. The van der Waals surface area contributed by atoms with Gasteiger partial charge in [-0.3, -0.25) is 0 Å². The van der Waals surface area contributed by atoms with Crippen LogP contribution < -0.4 is 9.47 Å². The normalized spacial score (nSPS) is 10.5. The monoisotopic (exact) mass is 344 g/mol. The Hall–Kier alpha value is -2.53. The summed E-state index contributed by atoms with van der Waals surface area (Å²) in [4.78, 5) is 11.2. The maximum absolute atomic E-state index is 11.2. The fraction of sp³-hybridized carbons (Fsp3) is 0.350. The first kappa shape index (κ1) is 18.8. The highest BCUT2D eigenvalue weighted by Gasteiger charge is 2.04. The Balaban J connectivity index is 1.74. The van der Waals surface area contributed by atoms with Gasteiger partial charge in [-0.25, -0.2) is 4.79 Å². The Morgan fingerprint density at radius 3 is 2.60 bits per heavy atom. The molecule has 0 amide bonds. The van der Waals surface area contributed by atoms with E-state index in [1.165, 1.54) is 0 Å². The highest BCUT2D eigenvalue weighted by Crippen LogP contribution is 2.28. The molecule has 2 aromatic carbocycles. The molecule has 0 aliphatic rings. The van der Waals surface area contributed by atoms with Crippen molar-refractivity contribution in [1.29, 1.82) is 0 Å². The van der Waals surface area contributed by atoms with E-state index in [1.807, 2.05) is 43.3 Å². The standard InChI is InChI=1S/C20H24O5/c1-4-23-19-7-5-6-16-14-17(8-9-18(16)19)24-12-10-22-11-13-25-20(21)15(2)3/h5-9,14H,2,4,10-13H2,1,3H3. The molecule has 5 nitrogen and oxygen atoms in total. The average Bonchev–Trinajstić information content (AvgIpc) is 2.61. The van der Waals surface area contributed by atoms with Crippen LogP contribution in [0.1, 0.15) is 13.8 Å². The van der Waals surface area contributed by atoms with Crippen molar-refractivity contribution in [1.82, 2.24) is 0 Å². The topological polar surface area (TPSA) is 54.0 Å². The molecule has 5 heteroatoms. The van der Waals surface area contributed by atoms with Gasteiger partial charge in [-0.1, -0.05) is 18.7 Å². The highest BCUT2D eigenvalue weighted by molar-refractivity contribution is 5.89. The van der Waals surface area contributed by atoms with E-state index < -0.39 is 5.97 Å². The van der Waals surface area contributed by atoms with Gasteiger partial charge in [-0.05, 0) is 43.5 Å². The second-order valence-corrected chi connectivity index (χ2v) is 5.45. The molecule has 0 saturated heterocycles. The molecule has 25 heavy (non-hydrogen) atoms. The van der Waals surface area contributed by atoms with E-state index >= 15 is 0 Å². The van der Waals surface area contributed by atoms with E-state index in [0.29, 0.717) is 32.0 Å². The second kappa shape index (κ2) is 9.69. The quantitative estimate of drug-likeness (QED) is 0.373. The van der Waals surface area contributed by atoms with Gasteiger partial charge < -0.3 is 18.9 Å². The van der Waals surface area contributed by atoms with Gasteiger partial charge in [0.05, 0.1) is 19.8 Å². The number of hydrogen-bond donors (Lipinski definition) is 0. The van der Waals surface area contributed by atoms with Crippen LogP contribution >= 0.6 is 0 Å². The molecule has 0 atom stereocenters. The minimum absolute atomic E-state index is 0.210. The van der Waals surface area contributed by atoms with Crippen LogP contribution in [-0.4, -0.2) is 39.0 Å². The summed E-state index contributed by atoms with van der Waals surface area (Å²) in [5.74, 6) is 1.25. The summed E-state index contributed by atoms with van der Waals surface area (Å²) in [5, 5.41) is 2.13. The zero-order valence-electron chi connectivity index (χ0n) is 14.7. The van der Waals surface area contributed by atoms with Gasteiger partial charge in [-0.2, -0.15) is 0 Å². The van der Waals surface area contributed by atoms with Crippen LogP contribution in [0.25, 0.3) is 10.8 Å². The molecule has 0 saturated carbocycles. The summed E-state index contributed by atoms with van der Waals surface area (Å²) in [5.41, 5.74) is 0.382. The maximum Gasteiger partial charge on any atom is 0.333 e. The molecular weight excluding hydrogens is 320 g/mol. The summed E-state index contributed by atoms with van der Waals surface area (Å²) in [7, 11) is 0. The first-order valence-electron chi connectivity index (χ1n) is 8.30. The van der Waals surface area contributed by atoms with E-state index in [4.69, 9.17) is 18.9 Å². The minimum Gasteiger partial charge on any atom is -0.493 e. The van der Waals surface area contributed by atoms with Gasteiger partial charge in [0.1, 0.15) is 24.7 Å². The number of carbonyl (C=O) groups is 1. The molecule has 134 valence electrons. The Morgan fingerprint density at radius 2 is 1.84 bits per heavy atom. The van der Waals surface area contributed by atoms with Crippen LogP contribution in [0.5, 0.6) is 11.5 Å². The predicted molar refractivity (Wildman–Crippen MR) is 97.2 cm³/mol. The number of esters is 1. The van der Waals surface area contributed by atoms with Crippen LogP contribution in [0.3, 0.4) is 0 Å². The van der Waals surface area contributed by atoms with Crippen molar-refractivity contribution >= 4 is 16.7 Å². The lowest BCUT2D eigenvalue weighted by Crippen LogP contribution is -2.13. The molecule has 0 fully saturated rings. The molecule has 0 radical (unpaired) electrons. The van der Waals surface area contributed by atoms with E-state index in [-0.39, 0.29) is 6.61 Å². The lowest BCUT2D eigenvalue weighted by Gasteiger charge is -2.10. The Labute approximate surface area is 148 Å². The number of ether oxygens (including phenoxy) is 4. The summed E-state index contributed by atoms with van der Waals surface area (Å²) in [6, 6.07) is 11.8. The van der Waals surface area contributed by atoms with E-state index in [2.05, 4.69) is 6.58 Å². The first-order chi connectivity index (χ1) is 12.1. The number of benzene rings is 2. The summed E-state index contributed by atoms with van der Waals surface area (Å²) >= 11 is 0. The van der Waals surface area contributed by atoms with Crippen LogP contribution in [0.15, 0.2) is 48.6 Å². The van der Waals surface area contributed by atoms with Gasteiger partial charge in [-0.15, -0.1) is 0 Å². The summed E-state index contributed by atoms with van der Waals surface area (Å²) in [6.07, 6.45) is 0. The maximum atomic E-state index is 11.2. The molecule has 0 aliphatic carbocycles. The fourth-order valence-corrected chi connectivity index (χ4v) is 2.24. The Morgan fingerprint density at radius 1 is 1.04 bits per heavy atom. The fourth-order valence-electron chi connectivity index (χ4n) is 2.24. The number of carbonyl (C=O) groups excluding carboxylic acids is 1. The molecule has 2 rings (SSSR count). The zero-order valence-corrected chi connectivity index (χ0v) is 14.7. The summed E-state index contributed by atoms with van der Waals surface area (Å²) in [6.45, 7) is 9.10. The van der Waals surface area contributed by atoms with E-state index in [9.17, 15) is 4.79 Å². The molecule has 0 unspecified atom stereocenters. The smallest absolute Gasteiger partial charge is 0.333 e. The molecule has 0 aromatic heterocycles. The van der Waals surface area contributed by atoms with Gasteiger partial charge in [0, 0.05) is 11.0 Å². The molecule has 2 aromatic rings. The minimum atomic E-state index is -0.401. The van der Waals surface area contributed by atoms with Crippen LogP contribution in [0.2, 0.25) is 0 Å². The summed E-state index contributed by atoms with van der Waals surface area (Å²) < 4.78 is 21.6. The Bertz CT molecular complexity index is 723. The molecule has 0 spiro atoms. The highest BCUT2D eigenvalue weighted by atomic mass is 16.6. The van der Waals surface area contributed by atoms with Crippen LogP contribution in [0.4, 0.5) is 0 Å². The van der Waals surface area contributed by atoms with Gasteiger partial charge in [0.25, 0.3) is 0 Å². The SMILES string of the molecule is C=C(C)C(=O)OCCOCCOc1ccc2c(OCC)cccc2c1. The van der Waals surface area contributed by atoms with Crippen molar-refractivity contribution < 1.29 is 23.7 Å². The second-order valence-electron chi connectivity index (χ2n) is 5.45. The number of rotatable bonds is 10. The van der Waals surface area contributed by atoms with Crippen LogP contribution in [-0.2, 0) is 14.3 Å². The lowest BCUT2D eigenvalue weighted by atomic mass is 10.1. The predicted octanol–water partition coefficient (Wildman–Crippen LogP) is 3.75. The van der Waals surface area contributed by atoms with Crippen molar-refractivity contribution in [2.75, 3.05) is 33.0 Å². The third-order valence-electron chi connectivity index (χ3n) is 3.42. The zero-order chi connectivity index (χ0) is 18.1. The van der Waals surface area contributed by atoms with E-state index in [1.54, 1.807) is 6.92 Å². The largest absolute Gasteiger partial charge is 0.493 e. The molecular formula is C20H24O5.